The lowest BCUT2D eigenvalue weighted by molar-refractivity contribution is 0.518. The van der Waals surface area contributed by atoms with Crippen LogP contribution in [0.5, 0.6) is 0 Å². The summed E-state index contributed by atoms with van der Waals surface area (Å²) in [6.45, 7) is 18.7. The third kappa shape index (κ3) is 3.94. The highest BCUT2D eigenvalue weighted by Crippen LogP contribution is 2.42. The van der Waals surface area contributed by atoms with Crippen LogP contribution in [0.1, 0.15) is 72.1 Å². The molecule has 0 aliphatic carbocycles. The van der Waals surface area contributed by atoms with Crippen molar-refractivity contribution < 1.29 is 0 Å². The smallest absolute Gasteiger partial charge is 0.0632 e. The molecule has 0 aromatic heterocycles. The number of hydrogen-bond acceptors (Lipinski definition) is 0. The van der Waals surface area contributed by atoms with Gasteiger partial charge >= 0.3 is 0 Å². The van der Waals surface area contributed by atoms with Crippen molar-refractivity contribution in [2.45, 2.75) is 71.5 Å². The minimum Gasteiger partial charge on any atom is -0.0632 e. The zero-order valence-corrected chi connectivity index (χ0v) is 17.0. The van der Waals surface area contributed by atoms with Crippen LogP contribution >= 0.6 is 0 Å². The Morgan fingerprint density at radius 3 is 1.54 bits per heavy atom. The molecule has 24 heavy (non-hydrogen) atoms. The zero-order valence-electron chi connectivity index (χ0n) is 17.0. The molecule has 0 spiro atoms. The molecule has 1 heteroatoms. The normalized spacial score (nSPS) is 13.2. The van der Waals surface area contributed by atoms with Crippen molar-refractivity contribution in [3.05, 3.63) is 59.2 Å². The molecule has 0 atom stereocenters. The molecule has 2 rings (SSSR count). The van der Waals surface area contributed by atoms with E-state index < -0.39 is 0 Å². The summed E-state index contributed by atoms with van der Waals surface area (Å²) in [5.74, 6) is 0. The average Bonchev–Trinajstić information content (AvgIpc) is 2.44. The number of benzene rings is 2. The quantitative estimate of drug-likeness (QED) is 0.612. The number of hydrogen-bond donors (Lipinski definition) is 0. The fourth-order valence-electron chi connectivity index (χ4n) is 3.43. The molecule has 0 radical (unpaired) electrons. The molecule has 0 N–H and O–H groups in total. The molecule has 0 bridgehead atoms. The molecule has 2 aromatic carbocycles. The van der Waals surface area contributed by atoms with Crippen molar-refractivity contribution in [1.82, 2.24) is 0 Å². The van der Waals surface area contributed by atoms with Crippen LogP contribution in [0.3, 0.4) is 0 Å². The Morgan fingerprint density at radius 2 is 1.12 bits per heavy atom. The third-order valence-corrected chi connectivity index (χ3v) is 4.61. The first-order valence-corrected chi connectivity index (χ1v) is 9.07. The predicted molar refractivity (Wildman–Crippen MR) is 111 cm³/mol. The highest BCUT2D eigenvalue weighted by atomic mass is 14.3. The monoisotopic (exact) mass is 320 g/mol. The maximum atomic E-state index is 2.42. The Kier molecular flexibility index (Phi) is 4.79. The molecule has 0 fully saturated rings. The van der Waals surface area contributed by atoms with E-state index in [9.17, 15) is 0 Å². The maximum absolute atomic E-state index is 2.42. The van der Waals surface area contributed by atoms with Gasteiger partial charge in [-0.1, -0.05) is 97.9 Å². The number of rotatable bonds is 2. The molecule has 0 nitrogen and oxygen atoms in total. The van der Waals surface area contributed by atoms with Gasteiger partial charge in [-0.3, -0.25) is 0 Å². The minimum atomic E-state index is 0.118. The summed E-state index contributed by atoms with van der Waals surface area (Å²) in [5, 5.41) is 0.118. The molecule has 0 saturated heterocycles. The van der Waals surface area contributed by atoms with Crippen molar-refractivity contribution in [3.8, 4) is 11.1 Å². The van der Waals surface area contributed by atoms with E-state index in [-0.39, 0.29) is 16.1 Å². The van der Waals surface area contributed by atoms with Gasteiger partial charge in [0.25, 0.3) is 0 Å². The SMILES string of the molecule is BC(C)(C)c1cc(-c2ccccc2)cc(C(C)(C)C)c1C(C)(C)C. The van der Waals surface area contributed by atoms with Gasteiger partial charge in [0, 0.05) is 0 Å². The summed E-state index contributed by atoms with van der Waals surface area (Å²) in [6.07, 6.45) is 0. The Hall–Kier alpha value is -1.50. The molecule has 0 aliphatic heterocycles. The summed E-state index contributed by atoms with van der Waals surface area (Å²) in [6, 6.07) is 15.6. The molecule has 0 saturated carbocycles. The van der Waals surface area contributed by atoms with Crippen LogP contribution in [0.15, 0.2) is 42.5 Å². The van der Waals surface area contributed by atoms with Gasteiger partial charge in [-0.25, -0.2) is 0 Å². The molecule has 0 aliphatic rings. The van der Waals surface area contributed by atoms with E-state index in [2.05, 4.69) is 106 Å². The third-order valence-electron chi connectivity index (χ3n) is 4.61. The Balaban J connectivity index is 2.90. The van der Waals surface area contributed by atoms with Crippen LogP contribution in [-0.4, -0.2) is 7.85 Å². The Labute approximate surface area is 150 Å². The van der Waals surface area contributed by atoms with Gasteiger partial charge in [0.1, 0.15) is 7.85 Å². The van der Waals surface area contributed by atoms with Gasteiger partial charge in [0.2, 0.25) is 0 Å². The van der Waals surface area contributed by atoms with Gasteiger partial charge in [-0.2, -0.15) is 0 Å². The van der Waals surface area contributed by atoms with E-state index in [1.54, 1.807) is 0 Å². The Bertz CT molecular complexity index is 669. The van der Waals surface area contributed by atoms with Crippen LogP contribution in [0.2, 0.25) is 0 Å². The van der Waals surface area contributed by atoms with Crippen molar-refractivity contribution in [2.24, 2.45) is 0 Å². The van der Waals surface area contributed by atoms with E-state index in [1.807, 2.05) is 0 Å². The molecule has 2 aromatic rings. The van der Waals surface area contributed by atoms with Crippen molar-refractivity contribution in [2.75, 3.05) is 0 Å². The topological polar surface area (TPSA) is 0 Å². The van der Waals surface area contributed by atoms with E-state index in [0.29, 0.717) is 0 Å². The largest absolute Gasteiger partial charge is 0.114 e. The fourth-order valence-corrected chi connectivity index (χ4v) is 3.43. The van der Waals surface area contributed by atoms with Crippen molar-refractivity contribution in [1.29, 1.82) is 0 Å². The van der Waals surface area contributed by atoms with Gasteiger partial charge in [-0.05, 0) is 44.0 Å². The fraction of sp³-hybridized carbons (Fsp3) is 0.478. The van der Waals surface area contributed by atoms with E-state index in [0.717, 1.165) is 0 Å². The van der Waals surface area contributed by atoms with E-state index >= 15 is 0 Å². The first-order valence-electron chi connectivity index (χ1n) is 9.07. The van der Waals surface area contributed by atoms with Crippen LogP contribution in [0.25, 0.3) is 11.1 Å². The lowest BCUT2D eigenvalue weighted by atomic mass is 9.60. The summed E-state index contributed by atoms with van der Waals surface area (Å²) in [5.41, 5.74) is 7.34. The average molecular weight is 320 g/mol. The second-order valence-corrected chi connectivity index (χ2v) is 10.1. The van der Waals surface area contributed by atoms with Gasteiger partial charge in [0.05, 0.1) is 0 Å². The van der Waals surface area contributed by atoms with Crippen molar-refractivity contribution in [3.63, 3.8) is 0 Å². The first kappa shape index (κ1) is 18.8. The van der Waals surface area contributed by atoms with Gasteiger partial charge < -0.3 is 0 Å². The summed E-state index contributed by atoms with van der Waals surface area (Å²) in [7, 11) is 2.33. The molecule has 0 unspecified atom stereocenters. The van der Waals surface area contributed by atoms with Gasteiger partial charge in [0.15, 0.2) is 0 Å². The summed E-state index contributed by atoms with van der Waals surface area (Å²) >= 11 is 0. The second-order valence-electron chi connectivity index (χ2n) is 10.1. The van der Waals surface area contributed by atoms with E-state index in [1.165, 1.54) is 27.8 Å². The zero-order chi connectivity index (χ0) is 18.3. The molecular weight excluding hydrogens is 287 g/mol. The Morgan fingerprint density at radius 1 is 0.625 bits per heavy atom. The standard InChI is InChI=1S/C23H33B/c1-21(2,3)18-14-17(16-12-10-9-11-13-16)15-19(23(7,8)24)20(18)22(4,5)6/h9-15H,24H2,1-8H3. The molecular formula is C23H33B. The van der Waals surface area contributed by atoms with Crippen molar-refractivity contribution >= 4 is 7.85 Å². The predicted octanol–water partition coefficient (Wildman–Crippen LogP) is 5.82. The maximum Gasteiger partial charge on any atom is 0.114 e. The lowest BCUT2D eigenvalue weighted by Crippen LogP contribution is -2.29. The van der Waals surface area contributed by atoms with Crippen LogP contribution in [0, 0.1) is 0 Å². The van der Waals surface area contributed by atoms with Crippen LogP contribution < -0.4 is 0 Å². The molecule has 0 heterocycles. The van der Waals surface area contributed by atoms with E-state index in [4.69, 9.17) is 0 Å². The first-order chi connectivity index (χ1) is 10.8. The second kappa shape index (κ2) is 6.10. The summed E-state index contributed by atoms with van der Waals surface area (Å²) in [4.78, 5) is 0. The highest BCUT2D eigenvalue weighted by molar-refractivity contribution is 6.15. The molecule has 128 valence electrons. The minimum absolute atomic E-state index is 0.118. The summed E-state index contributed by atoms with van der Waals surface area (Å²) < 4.78 is 0. The highest BCUT2D eigenvalue weighted by Gasteiger charge is 2.32. The van der Waals surface area contributed by atoms with Crippen LogP contribution in [-0.2, 0) is 16.1 Å². The molecule has 0 amide bonds. The van der Waals surface area contributed by atoms with Gasteiger partial charge in [-0.15, -0.1) is 0 Å². The lowest BCUT2D eigenvalue weighted by Gasteiger charge is -2.37. The van der Waals surface area contributed by atoms with Crippen LogP contribution in [0.4, 0.5) is 0 Å².